The third-order valence-electron chi connectivity index (χ3n) is 3.28. The lowest BCUT2D eigenvalue weighted by atomic mass is 10.2. The van der Waals surface area contributed by atoms with Crippen molar-refractivity contribution >= 4 is 5.91 Å². The molecule has 0 spiro atoms. The number of carbonyl (C=O) groups is 1. The zero-order valence-corrected chi connectivity index (χ0v) is 13.4. The van der Waals surface area contributed by atoms with Crippen LogP contribution in [-0.2, 0) is 0 Å². The molecule has 0 heterocycles. The van der Waals surface area contributed by atoms with Crippen molar-refractivity contribution in [2.24, 2.45) is 0 Å². The van der Waals surface area contributed by atoms with Crippen molar-refractivity contribution in [1.82, 2.24) is 5.32 Å². The van der Waals surface area contributed by atoms with Gasteiger partial charge in [0.15, 0.2) is 11.6 Å². The first kappa shape index (κ1) is 16.8. The predicted molar refractivity (Wildman–Crippen MR) is 86.6 cm³/mol. The van der Waals surface area contributed by atoms with Gasteiger partial charge in [-0.3, -0.25) is 4.79 Å². The van der Waals surface area contributed by atoms with Crippen molar-refractivity contribution < 1.29 is 18.7 Å². The number of halogens is 1. The minimum atomic E-state index is -0.566. The Labute approximate surface area is 135 Å². The molecule has 23 heavy (non-hydrogen) atoms. The highest BCUT2D eigenvalue weighted by atomic mass is 19.1. The maximum atomic E-state index is 13.6. The minimum Gasteiger partial charge on any atom is -0.494 e. The Hall–Kier alpha value is -2.56. The molecule has 1 atom stereocenters. The van der Waals surface area contributed by atoms with E-state index in [1.165, 1.54) is 19.2 Å². The second-order valence-corrected chi connectivity index (χ2v) is 5.35. The molecule has 2 aromatic rings. The number of nitrogens with one attached hydrogen (secondary N) is 1. The zero-order valence-electron chi connectivity index (χ0n) is 13.4. The van der Waals surface area contributed by atoms with Crippen LogP contribution in [0.25, 0.3) is 0 Å². The van der Waals surface area contributed by atoms with Crippen LogP contribution in [0.4, 0.5) is 4.39 Å². The molecule has 0 saturated carbocycles. The lowest BCUT2D eigenvalue weighted by Gasteiger charge is -2.15. The normalized spacial score (nSPS) is 11.7. The molecular weight excluding hydrogens is 297 g/mol. The summed E-state index contributed by atoms with van der Waals surface area (Å²) >= 11 is 0. The number of aryl methyl sites for hydroxylation is 1. The van der Waals surface area contributed by atoms with E-state index >= 15 is 0 Å². The Morgan fingerprint density at radius 3 is 2.70 bits per heavy atom. The van der Waals surface area contributed by atoms with Gasteiger partial charge in [0.25, 0.3) is 5.91 Å². The van der Waals surface area contributed by atoms with Crippen LogP contribution in [0.3, 0.4) is 0 Å². The van der Waals surface area contributed by atoms with Gasteiger partial charge in [0.2, 0.25) is 0 Å². The number of hydrogen-bond acceptors (Lipinski definition) is 3. The van der Waals surface area contributed by atoms with Gasteiger partial charge in [-0.2, -0.15) is 0 Å². The van der Waals surface area contributed by atoms with Gasteiger partial charge < -0.3 is 14.8 Å². The molecule has 122 valence electrons. The number of rotatable bonds is 6. The van der Waals surface area contributed by atoms with Gasteiger partial charge in [-0.05, 0) is 49.7 Å². The Morgan fingerprint density at radius 1 is 1.26 bits per heavy atom. The molecule has 0 bridgehead atoms. The third-order valence-corrected chi connectivity index (χ3v) is 3.28. The van der Waals surface area contributed by atoms with E-state index in [1.807, 2.05) is 38.1 Å². The van der Waals surface area contributed by atoms with Crippen molar-refractivity contribution in [2.75, 3.05) is 13.7 Å². The Balaban J connectivity index is 1.90. The molecule has 4 nitrogen and oxygen atoms in total. The van der Waals surface area contributed by atoms with Crippen LogP contribution in [-0.4, -0.2) is 25.7 Å². The molecule has 0 aliphatic heterocycles. The number of hydrogen-bond donors (Lipinski definition) is 1. The third kappa shape index (κ3) is 4.71. The first-order chi connectivity index (χ1) is 11.0. The topological polar surface area (TPSA) is 47.6 Å². The van der Waals surface area contributed by atoms with E-state index < -0.39 is 5.82 Å². The fourth-order valence-corrected chi connectivity index (χ4v) is 2.08. The number of ether oxygens (including phenoxy) is 2. The molecular formula is C18H20FNO3. The highest BCUT2D eigenvalue weighted by molar-refractivity contribution is 5.94. The Bertz CT molecular complexity index is 688. The maximum Gasteiger partial charge on any atom is 0.251 e. The summed E-state index contributed by atoms with van der Waals surface area (Å²) in [7, 11) is 1.38. The molecule has 1 amide bonds. The van der Waals surface area contributed by atoms with Gasteiger partial charge in [-0.25, -0.2) is 4.39 Å². The highest BCUT2D eigenvalue weighted by Crippen LogP contribution is 2.17. The molecule has 1 unspecified atom stereocenters. The van der Waals surface area contributed by atoms with E-state index in [9.17, 15) is 9.18 Å². The van der Waals surface area contributed by atoms with Crippen molar-refractivity contribution in [1.29, 1.82) is 0 Å². The summed E-state index contributed by atoms with van der Waals surface area (Å²) in [5, 5.41) is 2.77. The number of benzene rings is 2. The second-order valence-electron chi connectivity index (χ2n) is 5.35. The van der Waals surface area contributed by atoms with E-state index in [4.69, 9.17) is 9.47 Å². The van der Waals surface area contributed by atoms with Crippen LogP contribution in [0, 0.1) is 12.7 Å². The smallest absolute Gasteiger partial charge is 0.251 e. The van der Waals surface area contributed by atoms with Crippen molar-refractivity contribution in [3.05, 3.63) is 59.4 Å². The summed E-state index contributed by atoms with van der Waals surface area (Å²) in [5.41, 5.74) is 1.35. The standard InChI is InChI=1S/C18H20FNO3/c1-12-5-4-6-15(9-12)23-11-13(2)20-18(21)14-7-8-17(22-3)16(19)10-14/h4-10,13H,11H2,1-3H3,(H,20,21). The van der Waals surface area contributed by atoms with Gasteiger partial charge in [-0.1, -0.05) is 12.1 Å². The fraction of sp³-hybridized carbons (Fsp3) is 0.278. The lowest BCUT2D eigenvalue weighted by Crippen LogP contribution is -2.36. The summed E-state index contributed by atoms with van der Waals surface area (Å²) in [5.74, 6) is -0.0605. The highest BCUT2D eigenvalue weighted by Gasteiger charge is 2.13. The average molecular weight is 317 g/mol. The summed E-state index contributed by atoms with van der Waals surface area (Å²) in [4.78, 5) is 12.1. The van der Waals surface area contributed by atoms with Crippen LogP contribution in [0.15, 0.2) is 42.5 Å². The molecule has 2 aromatic carbocycles. The SMILES string of the molecule is COc1ccc(C(=O)NC(C)COc2cccc(C)c2)cc1F. The minimum absolute atomic E-state index is 0.109. The summed E-state index contributed by atoms with van der Waals surface area (Å²) in [6, 6.07) is 11.6. The van der Waals surface area contributed by atoms with E-state index in [0.29, 0.717) is 6.61 Å². The quantitative estimate of drug-likeness (QED) is 0.889. The van der Waals surface area contributed by atoms with Crippen LogP contribution in [0.1, 0.15) is 22.8 Å². The van der Waals surface area contributed by atoms with E-state index in [1.54, 1.807) is 0 Å². The maximum absolute atomic E-state index is 13.6. The Morgan fingerprint density at radius 2 is 2.04 bits per heavy atom. The molecule has 0 aliphatic rings. The molecule has 1 N–H and O–H groups in total. The van der Waals surface area contributed by atoms with Crippen LogP contribution < -0.4 is 14.8 Å². The van der Waals surface area contributed by atoms with Gasteiger partial charge in [0.05, 0.1) is 13.2 Å². The van der Waals surface area contributed by atoms with Gasteiger partial charge in [-0.15, -0.1) is 0 Å². The molecule has 0 saturated heterocycles. The first-order valence-electron chi connectivity index (χ1n) is 7.33. The summed E-state index contributed by atoms with van der Waals surface area (Å²) < 4.78 is 24.1. The van der Waals surface area contributed by atoms with Crippen molar-refractivity contribution in [3.8, 4) is 11.5 Å². The summed E-state index contributed by atoms with van der Waals surface area (Å²) in [6.07, 6.45) is 0. The van der Waals surface area contributed by atoms with E-state index in [2.05, 4.69) is 5.32 Å². The van der Waals surface area contributed by atoms with Crippen LogP contribution >= 0.6 is 0 Å². The van der Waals surface area contributed by atoms with Gasteiger partial charge in [0, 0.05) is 5.56 Å². The van der Waals surface area contributed by atoms with Crippen LogP contribution in [0.5, 0.6) is 11.5 Å². The monoisotopic (exact) mass is 317 g/mol. The van der Waals surface area contributed by atoms with Crippen molar-refractivity contribution in [2.45, 2.75) is 19.9 Å². The number of amides is 1. The summed E-state index contributed by atoms with van der Waals surface area (Å²) in [6.45, 7) is 4.14. The van der Waals surface area contributed by atoms with Crippen LogP contribution in [0.2, 0.25) is 0 Å². The second kappa shape index (κ2) is 7.63. The van der Waals surface area contributed by atoms with E-state index in [0.717, 1.165) is 17.4 Å². The zero-order chi connectivity index (χ0) is 16.8. The van der Waals surface area contributed by atoms with Gasteiger partial charge >= 0.3 is 0 Å². The largest absolute Gasteiger partial charge is 0.494 e. The number of methoxy groups -OCH3 is 1. The average Bonchev–Trinajstić information content (AvgIpc) is 2.53. The lowest BCUT2D eigenvalue weighted by molar-refractivity contribution is 0.0926. The first-order valence-corrected chi connectivity index (χ1v) is 7.33. The number of carbonyl (C=O) groups excluding carboxylic acids is 1. The molecule has 0 aliphatic carbocycles. The fourth-order valence-electron chi connectivity index (χ4n) is 2.08. The molecule has 0 fully saturated rings. The van der Waals surface area contributed by atoms with Gasteiger partial charge in [0.1, 0.15) is 12.4 Å². The Kier molecular flexibility index (Phi) is 5.57. The van der Waals surface area contributed by atoms with Crippen molar-refractivity contribution in [3.63, 3.8) is 0 Å². The molecule has 0 radical (unpaired) electrons. The molecule has 2 rings (SSSR count). The predicted octanol–water partition coefficient (Wildman–Crippen LogP) is 3.34. The van der Waals surface area contributed by atoms with E-state index in [-0.39, 0.29) is 23.3 Å². The molecule has 5 heteroatoms. The molecule has 0 aromatic heterocycles.